The number of aryl methyl sites for hydroxylation is 1. The van der Waals surface area contributed by atoms with Gasteiger partial charge in [-0.3, -0.25) is 0 Å². The number of fused-ring (bicyclic) bond motifs is 1. The Morgan fingerprint density at radius 2 is 2.05 bits per heavy atom. The van der Waals surface area contributed by atoms with Crippen LogP contribution < -0.4 is 0 Å². The predicted molar refractivity (Wildman–Crippen MR) is 81.2 cm³/mol. The van der Waals surface area contributed by atoms with Gasteiger partial charge in [-0.2, -0.15) is 0 Å². The van der Waals surface area contributed by atoms with Crippen LogP contribution in [0.4, 0.5) is 0 Å². The maximum Gasteiger partial charge on any atom is 0.175 e. The molecule has 0 saturated heterocycles. The van der Waals surface area contributed by atoms with E-state index in [1.54, 1.807) is 34.9 Å². The second-order valence-corrected chi connectivity index (χ2v) is 7.28. The highest BCUT2D eigenvalue weighted by atomic mass is 32.2. The molecular formula is C12H12N4S3. The normalized spacial score (nSPS) is 11.3. The Hall–Kier alpha value is -1.05. The lowest BCUT2D eigenvalue weighted by atomic mass is 10.3. The highest BCUT2D eigenvalue weighted by molar-refractivity contribution is 8.02. The number of aromatic nitrogens is 4. The molecule has 7 heteroatoms. The molecule has 3 aromatic heterocycles. The molecule has 0 radical (unpaired) electrons. The van der Waals surface area contributed by atoms with Crippen LogP contribution in [0.5, 0.6) is 0 Å². The maximum absolute atomic E-state index is 4.59. The molecule has 4 nitrogen and oxygen atoms in total. The van der Waals surface area contributed by atoms with Crippen LogP contribution in [0.3, 0.4) is 0 Å². The zero-order chi connectivity index (χ0) is 13.2. The molecule has 19 heavy (non-hydrogen) atoms. The smallest absolute Gasteiger partial charge is 0.175 e. The average Bonchev–Trinajstić information content (AvgIpc) is 3.01. The SMILES string of the molecule is CSc1nnc(SCc2cn3cc(C)ccc3n2)s1. The van der Waals surface area contributed by atoms with Crippen molar-refractivity contribution in [3.8, 4) is 0 Å². The minimum absolute atomic E-state index is 0.823. The van der Waals surface area contributed by atoms with Gasteiger partial charge in [0, 0.05) is 18.1 Å². The molecule has 0 aliphatic rings. The van der Waals surface area contributed by atoms with E-state index in [2.05, 4.69) is 45.0 Å². The zero-order valence-electron chi connectivity index (χ0n) is 10.5. The lowest BCUT2D eigenvalue weighted by Crippen LogP contribution is -1.82. The summed E-state index contributed by atoms with van der Waals surface area (Å²) in [6.45, 7) is 2.08. The van der Waals surface area contributed by atoms with E-state index in [4.69, 9.17) is 0 Å². The fraction of sp³-hybridized carbons (Fsp3) is 0.250. The molecule has 0 saturated carbocycles. The second kappa shape index (κ2) is 5.52. The van der Waals surface area contributed by atoms with Crippen LogP contribution in [0.1, 0.15) is 11.3 Å². The first-order chi connectivity index (χ1) is 9.24. The van der Waals surface area contributed by atoms with Crippen LogP contribution in [-0.2, 0) is 5.75 Å². The monoisotopic (exact) mass is 308 g/mol. The number of nitrogens with zero attached hydrogens (tertiary/aromatic N) is 4. The van der Waals surface area contributed by atoms with Gasteiger partial charge in [-0.15, -0.1) is 10.2 Å². The number of hydrogen-bond donors (Lipinski definition) is 0. The van der Waals surface area contributed by atoms with E-state index in [1.165, 1.54) is 5.56 Å². The molecule has 0 N–H and O–H groups in total. The average molecular weight is 308 g/mol. The Kier molecular flexibility index (Phi) is 3.76. The van der Waals surface area contributed by atoms with Gasteiger partial charge < -0.3 is 4.40 Å². The quantitative estimate of drug-likeness (QED) is 0.690. The molecule has 0 bridgehead atoms. The molecule has 0 aliphatic heterocycles. The summed E-state index contributed by atoms with van der Waals surface area (Å²) in [6, 6.07) is 4.12. The van der Waals surface area contributed by atoms with Gasteiger partial charge in [-0.25, -0.2) is 4.98 Å². The summed E-state index contributed by atoms with van der Waals surface area (Å²) >= 11 is 4.94. The van der Waals surface area contributed by atoms with Crippen LogP contribution in [-0.4, -0.2) is 25.8 Å². The third-order valence-electron chi connectivity index (χ3n) is 2.55. The molecule has 98 valence electrons. The predicted octanol–water partition coefficient (Wildman–Crippen LogP) is 3.51. The Bertz CT molecular complexity index is 704. The van der Waals surface area contributed by atoms with Gasteiger partial charge in [0.2, 0.25) is 0 Å². The minimum atomic E-state index is 0.823. The van der Waals surface area contributed by atoms with E-state index in [0.29, 0.717) is 0 Å². The Labute approximate surface area is 123 Å². The highest BCUT2D eigenvalue weighted by Gasteiger charge is 2.06. The first kappa shape index (κ1) is 13.0. The van der Waals surface area contributed by atoms with Gasteiger partial charge in [-0.05, 0) is 24.8 Å². The topological polar surface area (TPSA) is 43.1 Å². The Balaban J connectivity index is 1.74. The number of thioether (sulfide) groups is 2. The fourth-order valence-electron chi connectivity index (χ4n) is 1.70. The van der Waals surface area contributed by atoms with Crippen LogP contribution in [0.15, 0.2) is 33.2 Å². The van der Waals surface area contributed by atoms with Crippen molar-refractivity contribution in [2.75, 3.05) is 6.26 Å². The van der Waals surface area contributed by atoms with Crippen LogP contribution >= 0.6 is 34.9 Å². The molecule has 0 fully saturated rings. The van der Waals surface area contributed by atoms with Gasteiger partial charge in [0.05, 0.1) is 5.69 Å². The van der Waals surface area contributed by atoms with Crippen molar-refractivity contribution in [1.29, 1.82) is 0 Å². The number of rotatable bonds is 4. The van der Waals surface area contributed by atoms with Crippen molar-refractivity contribution in [2.45, 2.75) is 21.4 Å². The molecule has 3 heterocycles. The summed E-state index contributed by atoms with van der Waals surface area (Å²) in [7, 11) is 0. The van der Waals surface area contributed by atoms with E-state index >= 15 is 0 Å². The van der Waals surface area contributed by atoms with Crippen LogP contribution in [0.25, 0.3) is 5.65 Å². The van der Waals surface area contributed by atoms with Gasteiger partial charge in [0.1, 0.15) is 5.65 Å². The molecule has 0 spiro atoms. The van der Waals surface area contributed by atoms with Crippen LogP contribution in [0, 0.1) is 6.92 Å². The highest BCUT2D eigenvalue weighted by Crippen LogP contribution is 2.29. The van der Waals surface area contributed by atoms with E-state index in [1.807, 2.05) is 12.3 Å². The standard InChI is InChI=1S/C12H12N4S3/c1-8-3-4-10-13-9(6-16(10)5-8)7-18-12-15-14-11(17-2)19-12/h3-6H,7H2,1-2H3. The van der Waals surface area contributed by atoms with Gasteiger partial charge in [-0.1, -0.05) is 40.9 Å². The van der Waals surface area contributed by atoms with Crippen molar-refractivity contribution in [3.05, 3.63) is 35.8 Å². The summed E-state index contributed by atoms with van der Waals surface area (Å²) in [5, 5.41) is 8.23. The number of hydrogen-bond acceptors (Lipinski definition) is 6. The summed E-state index contributed by atoms with van der Waals surface area (Å²) in [4.78, 5) is 4.59. The summed E-state index contributed by atoms with van der Waals surface area (Å²) in [5.41, 5.74) is 3.29. The minimum Gasteiger partial charge on any atom is -0.307 e. The third-order valence-corrected chi connectivity index (χ3v) is 5.62. The summed E-state index contributed by atoms with van der Waals surface area (Å²) in [5.74, 6) is 0.823. The summed E-state index contributed by atoms with van der Waals surface area (Å²) < 4.78 is 4.07. The van der Waals surface area contributed by atoms with E-state index < -0.39 is 0 Å². The third kappa shape index (κ3) is 2.93. The van der Waals surface area contributed by atoms with Crippen molar-refractivity contribution in [2.24, 2.45) is 0 Å². The molecule has 3 rings (SSSR count). The molecule has 0 unspecified atom stereocenters. The molecule has 0 amide bonds. The molecule has 0 aliphatic carbocycles. The van der Waals surface area contributed by atoms with E-state index in [-0.39, 0.29) is 0 Å². The molecular weight excluding hydrogens is 296 g/mol. The van der Waals surface area contributed by atoms with Gasteiger partial charge in [0.15, 0.2) is 8.68 Å². The Morgan fingerprint density at radius 3 is 2.84 bits per heavy atom. The number of imidazole rings is 1. The largest absolute Gasteiger partial charge is 0.307 e. The van der Waals surface area contributed by atoms with E-state index in [0.717, 1.165) is 25.8 Å². The Morgan fingerprint density at radius 1 is 1.21 bits per heavy atom. The van der Waals surface area contributed by atoms with Crippen molar-refractivity contribution >= 4 is 40.5 Å². The fourth-order valence-corrected chi connectivity index (χ4v) is 4.02. The van der Waals surface area contributed by atoms with Crippen LogP contribution in [0.2, 0.25) is 0 Å². The van der Waals surface area contributed by atoms with Crippen molar-refractivity contribution < 1.29 is 0 Å². The van der Waals surface area contributed by atoms with Gasteiger partial charge in [0.25, 0.3) is 0 Å². The van der Waals surface area contributed by atoms with E-state index in [9.17, 15) is 0 Å². The molecule has 3 aromatic rings. The second-order valence-electron chi connectivity index (χ2n) is 4.03. The first-order valence-corrected chi connectivity index (χ1v) is 8.72. The molecule has 0 atom stereocenters. The molecule has 0 aromatic carbocycles. The lowest BCUT2D eigenvalue weighted by molar-refractivity contribution is 0.955. The number of pyridine rings is 1. The maximum atomic E-state index is 4.59. The zero-order valence-corrected chi connectivity index (χ0v) is 13.0. The van der Waals surface area contributed by atoms with Gasteiger partial charge >= 0.3 is 0 Å². The lowest BCUT2D eigenvalue weighted by Gasteiger charge is -1.93. The van der Waals surface area contributed by atoms with Crippen molar-refractivity contribution in [1.82, 2.24) is 19.6 Å². The van der Waals surface area contributed by atoms with Crippen molar-refractivity contribution in [3.63, 3.8) is 0 Å². The first-order valence-electron chi connectivity index (χ1n) is 5.69. The summed E-state index contributed by atoms with van der Waals surface area (Å²) in [6.07, 6.45) is 6.18.